The molecule has 4 rings (SSSR count). The van der Waals surface area contributed by atoms with Crippen molar-refractivity contribution in [2.75, 3.05) is 6.54 Å². The van der Waals surface area contributed by atoms with Crippen LogP contribution >= 0.6 is 0 Å². The molecule has 2 unspecified atom stereocenters. The van der Waals surface area contributed by atoms with Gasteiger partial charge < -0.3 is 10.2 Å². The van der Waals surface area contributed by atoms with Crippen molar-refractivity contribution >= 4 is 11.9 Å². The number of carbonyl (C=O) groups excluding carboxylic acids is 2. The van der Waals surface area contributed by atoms with Gasteiger partial charge in [-0.3, -0.25) is 14.7 Å². The fourth-order valence-corrected chi connectivity index (χ4v) is 3.89. The molecule has 2 aromatic rings. The summed E-state index contributed by atoms with van der Waals surface area (Å²) in [6.45, 7) is 3.56. The van der Waals surface area contributed by atoms with Crippen LogP contribution in [0, 0.1) is 6.92 Å². The van der Waals surface area contributed by atoms with Crippen molar-refractivity contribution in [2.45, 2.75) is 44.9 Å². The van der Waals surface area contributed by atoms with Crippen molar-refractivity contribution in [1.29, 1.82) is 0 Å². The summed E-state index contributed by atoms with van der Waals surface area (Å²) < 4.78 is 0. The van der Waals surface area contributed by atoms with E-state index in [2.05, 4.69) is 22.4 Å². The van der Waals surface area contributed by atoms with E-state index in [9.17, 15) is 9.59 Å². The lowest BCUT2D eigenvalue weighted by molar-refractivity contribution is -0.137. The fraction of sp³-hybridized carbons (Fsp3) is 0.381. The van der Waals surface area contributed by atoms with E-state index in [1.165, 1.54) is 10.5 Å². The molecule has 1 N–H and O–H groups in total. The van der Waals surface area contributed by atoms with Gasteiger partial charge in [0.05, 0.1) is 18.3 Å². The second-order valence-electron chi connectivity index (χ2n) is 7.28. The molecule has 27 heavy (non-hydrogen) atoms. The van der Waals surface area contributed by atoms with E-state index >= 15 is 0 Å². The quantitative estimate of drug-likeness (QED) is 0.905. The second kappa shape index (κ2) is 7.48. The number of fused-ring (bicyclic) bond motifs is 1. The number of carbonyl (C=O) groups is 2. The molecule has 6 nitrogen and oxygen atoms in total. The van der Waals surface area contributed by atoms with Crippen LogP contribution in [0.4, 0.5) is 4.79 Å². The minimum Gasteiger partial charge on any atom is -0.315 e. The SMILES string of the molecule is Cc1ccc(CN2C(=O)N(Cc3ccccn3)C(=O)C3NCCCC32)cc1. The summed E-state index contributed by atoms with van der Waals surface area (Å²) in [4.78, 5) is 33.7. The van der Waals surface area contributed by atoms with Crippen LogP contribution in [0.1, 0.15) is 29.7 Å². The van der Waals surface area contributed by atoms with Crippen molar-refractivity contribution in [3.63, 3.8) is 0 Å². The van der Waals surface area contributed by atoms with Gasteiger partial charge in [-0.15, -0.1) is 0 Å². The highest BCUT2D eigenvalue weighted by atomic mass is 16.2. The van der Waals surface area contributed by atoms with Crippen LogP contribution in [0.3, 0.4) is 0 Å². The number of amides is 3. The molecule has 0 bridgehead atoms. The third-order valence-corrected chi connectivity index (χ3v) is 5.35. The molecule has 1 aromatic heterocycles. The molecule has 3 heterocycles. The summed E-state index contributed by atoms with van der Waals surface area (Å²) in [5.74, 6) is -0.143. The molecule has 140 valence electrons. The number of pyridine rings is 1. The molecule has 0 saturated carbocycles. The van der Waals surface area contributed by atoms with Crippen LogP contribution in [0.15, 0.2) is 48.7 Å². The number of benzene rings is 1. The highest BCUT2D eigenvalue weighted by molar-refractivity contribution is 6.00. The molecule has 6 heteroatoms. The zero-order valence-electron chi connectivity index (χ0n) is 15.5. The molecule has 0 spiro atoms. The number of hydrogen-bond donors (Lipinski definition) is 1. The summed E-state index contributed by atoms with van der Waals surface area (Å²) in [5.41, 5.74) is 2.97. The molecule has 2 atom stereocenters. The summed E-state index contributed by atoms with van der Waals surface area (Å²) in [5, 5.41) is 3.33. The Morgan fingerprint density at radius 2 is 1.93 bits per heavy atom. The molecule has 2 aliphatic heterocycles. The minimum atomic E-state index is -0.342. The van der Waals surface area contributed by atoms with Gasteiger partial charge in [0, 0.05) is 12.7 Å². The average molecular weight is 364 g/mol. The number of imide groups is 1. The fourth-order valence-electron chi connectivity index (χ4n) is 3.89. The zero-order valence-corrected chi connectivity index (χ0v) is 15.5. The maximum Gasteiger partial charge on any atom is 0.327 e. The molecule has 1 aromatic carbocycles. The monoisotopic (exact) mass is 364 g/mol. The van der Waals surface area contributed by atoms with Crippen LogP contribution in [-0.4, -0.2) is 45.4 Å². The lowest BCUT2D eigenvalue weighted by Crippen LogP contribution is -2.68. The number of urea groups is 1. The first-order valence-corrected chi connectivity index (χ1v) is 9.44. The van der Waals surface area contributed by atoms with Gasteiger partial charge in [0.1, 0.15) is 6.04 Å². The van der Waals surface area contributed by atoms with Gasteiger partial charge in [-0.2, -0.15) is 0 Å². The molecule has 2 fully saturated rings. The average Bonchev–Trinajstić information content (AvgIpc) is 2.71. The van der Waals surface area contributed by atoms with Gasteiger partial charge in [-0.25, -0.2) is 4.79 Å². The number of aromatic nitrogens is 1. The van der Waals surface area contributed by atoms with E-state index in [4.69, 9.17) is 0 Å². The normalized spacial score (nSPS) is 22.7. The van der Waals surface area contributed by atoms with Crippen LogP contribution in [-0.2, 0) is 17.9 Å². The van der Waals surface area contributed by atoms with E-state index < -0.39 is 0 Å². The topological polar surface area (TPSA) is 65.5 Å². The number of nitrogens with one attached hydrogen (secondary N) is 1. The molecular formula is C21H24N4O2. The smallest absolute Gasteiger partial charge is 0.315 e. The van der Waals surface area contributed by atoms with Gasteiger partial charge >= 0.3 is 6.03 Å². The van der Waals surface area contributed by atoms with Crippen molar-refractivity contribution in [3.8, 4) is 0 Å². The first-order chi connectivity index (χ1) is 13.1. The van der Waals surface area contributed by atoms with Crippen molar-refractivity contribution < 1.29 is 9.59 Å². The van der Waals surface area contributed by atoms with Crippen molar-refractivity contribution in [2.24, 2.45) is 0 Å². The second-order valence-corrected chi connectivity index (χ2v) is 7.28. The van der Waals surface area contributed by atoms with Gasteiger partial charge in [0.25, 0.3) is 0 Å². The third kappa shape index (κ3) is 3.57. The molecule has 3 amide bonds. The highest BCUT2D eigenvalue weighted by Crippen LogP contribution is 2.27. The lowest BCUT2D eigenvalue weighted by Gasteiger charge is -2.47. The number of hydrogen-bond acceptors (Lipinski definition) is 4. The Balaban J connectivity index is 1.62. The van der Waals surface area contributed by atoms with Crippen LogP contribution < -0.4 is 5.32 Å². The van der Waals surface area contributed by atoms with Gasteiger partial charge in [0.2, 0.25) is 5.91 Å². The van der Waals surface area contributed by atoms with E-state index in [0.717, 1.165) is 24.9 Å². The summed E-state index contributed by atoms with van der Waals surface area (Å²) >= 11 is 0. The van der Waals surface area contributed by atoms with Crippen LogP contribution in [0.2, 0.25) is 0 Å². The van der Waals surface area contributed by atoms with Gasteiger partial charge in [-0.05, 0) is 44.0 Å². The summed E-state index contributed by atoms with van der Waals surface area (Å²) in [7, 11) is 0. The van der Waals surface area contributed by atoms with E-state index in [1.54, 1.807) is 6.20 Å². The predicted molar refractivity (Wildman–Crippen MR) is 102 cm³/mol. The Labute approximate surface area is 159 Å². The number of aryl methyl sites for hydroxylation is 1. The Kier molecular flexibility index (Phi) is 4.90. The third-order valence-electron chi connectivity index (χ3n) is 5.35. The molecule has 2 saturated heterocycles. The predicted octanol–water partition coefficient (Wildman–Crippen LogP) is 2.48. The first kappa shape index (κ1) is 17.7. The van der Waals surface area contributed by atoms with E-state index in [1.807, 2.05) is 42.2 Å². The number of rotatable bonds is 4. The Morgan fingerprint density at radius 3 is 2.67 bits per heavy atom. The molecular weight excluding hydrogens is 340 g/mol. The van der Waals surface area contributed by atoms with Crippen molar-refractivity contribution in [1.82, 2.24) is 20.1 Å². The van der Waals surface area contributed by atoms with Gasteiger partial charge in [0.15, 0.2) is 0 Å². The number of piperidine rings is 1. The highest BCUT2D eigenvalue weighted by Gasteiger charge is 2.47. The van der Waals surface area contributed by atoms with E-state index in [-0.39, 0.29) is 30.6 Å². The van der Waals surface area contributed by atoms with Crippen molar-refractivity contribution in [3.05, 3.63) is 65.5 Å². The number of nitrogens with zero attached hydrogens (tertiary/aromatic N) is 3. The maximum atomic E-state index is 13.2. The zero-order chi connectivity index (χ0) is 18.8. The van der Waals surface area contributed by atoms with E-state index in [0.29, 0.717) is 12.2 Å². The minimum absolute atomic E-state index is 0.0972. The first-order valence-electron chi connectivity index (χ1n) is 9.44. The largest absolute Gasteiger partial charge is 0.327 e. The Morgan fingerprint density at radius 1 is 1.11 bits per heavy atom. The summed E-state index contributed by atoms with van der Waals surface area (Å²) in [6, 6.07) is 13.1. The Hall–Kier alpha value is -2.73. The van der Waals surface area contributed by atoms with Crippen LogP contribution in [0.5, 0.6) is 0 Å². The standard InChI is InChI=1S/C21H24N4O2/c1-15-7-9-16(10-8-15)13-24-18-6-4-12-23-19(18)20(26)25(21(24)27)14-17-5-2-3-11-22-17/h2-3,5,7-11,18-19,23H,4,6,12-14H2,1H3. The molecule has 0 aliphatic carbocycles. The maximum absolute atomic E-state index is 13.2. The van der Waals surface area contributed by atoms with Gasteiger partial charge in [-0.1, -0.05) is 35.9 Å². The summed E-state index contributed by atoms with van der Waals surface area (Å²) in [6.07, 6.45) is 3.49. The lowest BCUT2D eigenvalue weighted by atomic mass is 9.93. The van der Waals surface area contributed by atoms with Crippen LogP contribution in [0.25, 0.3) is 0 Å². The molecule has 2 aliphatic rings. The Bertz CT molecular complexity index is 822. The molecule has 0 radical (unpaired) electrons.